The number of nitrogens with one attached hydrogen (secondary N) is 1. The molecule has 0 radical (unpaired) electrons. The second-order valence-corrected chi connectivity index (χ2v) is 10.0. The van der Waals surface area contributed by atoms with Crippen LogP contribution < -0.4 is 5.32 Å². The Morgan fingerprint density at radius 2 is 1.83 bits per heavy atom. The average molecular weight is 503 g/mol. The van der Waals surface area contributed by atoms with Gasteiger partial charge in [0.25, 0.3) is 5.91 Å². The zero-order valence-corrected chi connectivity index (χ0v) is 20.5. The molecule has 0 bridgehead atoms. The third-order valence-corrected chi connectivity index (χ3v) is 7.57. The molecular formula is C27H23FN4OS2. The number of aromatic nitrogens is 3. The number of hydrogen-bond donors (Lipinski definition) is 1. The fourth-order valence-electron chi connectivity index (χ4n) is 3.74. The number of benzene rings is 2. The second-order valence-electron chi connectivity index (χ2n) is 8.04. The number of nitrogens with zero attached hydrogens (tertiary/aromatic N) is 3. The van der Waals surface area contributed by atoms with Crippen molar-refractivity contribution in [3.05, 3.63) is 112 Å². The maximum absolute atomic E-state index is 13.2. The predicted molar refractivity (Wildman–Crippen MR) is 139 cm³/mol. The van der Waals surface area contributed by atoms with Gasteiger partial charge < -0.3 is 9.88 Å². The molecule has 5 aromatic rings. The van der Waals surface area contributed by atoms with Crippen LogP contribution in [0.1, 0.15) is 26.4 Å². The summed E-state index contributed by atoms with van der Waals surface area (Å²) in [6.45, 7) is 1.22. The Labute approximate surface area is 211 Å². The lowest BCUT2D eigenvalue weighted by Crippen LogP contribution is -2.25. The fourth-order valence-corrected chi connectivity index (χ4v) is 5.42. The van der Waals surface area contributed by atoms with Crippen LogP contribution in [0.5, 0.6) is 0 Å². The normalized spacial score (nSPS) is 11.1. The molecule has 0 unspecified atom stereocenters. The van der Waals surface area contributed by atoms with Crippen molar-refractivity contribution in [2.45, 2.75) is 23.9 Å². The van der Waals surface area contributed by atoms with Crippen LogP contribution >= 0.6 is 23.1 Å². The third kappa shape index (κ3) is 5.78. The van der Waals surface area contributed by atoms with Crippen molar-refractivity contribution in [1.82, 2.24) is 19.9 Å². The van der Waals surface area contributed by atoms with Crippen LogP contribution in [0, 0.1) is 5.82 Å². The number of imidazole rings is 1. The van der Waals surface area contributed by atoms with Gasteiger partial charge in [-0.15, -0.1) is 11.3 Å². The number of pyridine rings is 1. The highest BCUT2D eigenvalue weighted by molar-refractivity contribution is 7.98. The minimum absolute atomic E-state index is 0.0686. The van der Waals surface area contributed by atoms with Crippen LogP contribution in [-0.4, -0.2) is 27.0 Å². The van der Waals surface area contributed by atoms with Gasteiger partial charge in [0, 0.05) is 28.9 Å². The molecule has 0 spiro atoms. The number of fused-ring (bicyclic) bond motifs is 1. The molecule has 0 aliphatic carbocycles. The zero-order chi connectivity index (χ0) is 24.0. The van der Waals surface area contributed by atoms with Crippen molar-refractivity contribution in [3.63, 3.8) is 0 Å². The first-order valence-corrected chi connectivity index (χ1v) is 13.1. The monoisotopic (exact) mass is 502 g/mol. The van der Waals surface area contributed by atoms with Gasteiger partial charge in [0.1, 0.15) is 5.82 Å². The Morgan fingerprint density at radius 3 is 2.60 bits per heavy atom. The molecule has 35 heavy (non-hydrogen) atoms. The molecule has 5 rings (SSSR count). The van der Waals surface area contributed by atoms with E-state index in [0.29, 0.717) is 24.4 Å². The molecule has 5 nitrogen and oxygen atoms in total. The SMILES string of the molecule is O=C(NCCc1cccs1)c1ccc(Cn2c(SCc3ccc(F)cc3)nc3ccncc32)cc1. The van der Waals surface area contributed by atoms with Crippen molar-refractivity contribution >= 4 is 40.0 Å². The topological polar surface area (TPSA) is 59.8 Å². The largest absolute Gasteiger partial charge is 0.352 e. The molecule has 0 saturated carbocycles. The lowest BCUT2D eigenvalue weighted by molar-refractivity contribution is 0.0954. The van der Waals surface area contributed by atoms with Crippen LogP contribution in [0.15, 0.2) is 89.7 Å². The summed E-state index contributed by atoms with van der Waals surface area (Å²) in [7, 11) is 0. The second kappa shape index (κ2) is 10.8. The summed E-state index contributed by atoms with van der Waals surface area (Å²) in [5.41, 5.74) is 4.56. The van der Waals surface area contributed by atoms with E-state index in [1.807, 2.05) is 48.0 Å². The Hall–Kier alpha value is -3.49. The summed E-state index contributed by atoms with van der Waals surface area (Å²) in [4.78, 5) is 22.8. The van der Waals surface area contributed by atoms with E-state index in [1.165, 1.54) is 17.0 Å². The highest BCUT2D eigenvalue weighted by Crippen LogP contribution is 2.27. The zero-order valence-electron chi connectivity index (χ0n) is 18.9. The van der Waals surface area contributed by atoms with E-state index in [4.69, 9.17) is 4.98 Å². The first-order valence-electron chi connectivity index (χ1n) is 11.2. The van der Waals surface area contributed by atoms with Gasteiger partial charge in [-0.1, -0.05) is 42.1 Å². The van der Waals surface area contributed by atoms with E-state index < -0.39 is 0 Å². The molecular weight excluding hydrogens is 479 g/mol. The minimum atomic E-state index is -0.239. The molecule has 0 atom stereocenters. The number of carbonyl (C=O) groups excluding carboxylic acids is 1. The van der Waals surface area contributed by atoms with E-state index in [2.05, 4.69) is 20.9 Å². The molecule has 1 N–H and O–H groups in total. The van der Waals surface area contributed by atoms with Gasteiger partial charge in [-0.2, -0.15) is 0 Å². The van der Waals surface area contributed by atoms with Gasteiger partial charge in [0.05, 0.1) is 23.8 Å². The van der Waals surface area contributed by atoms with Gasteiger partial charge in [0.15, 0.2) is 5.16 Å². The van der Waals surface area contributed by atoms with Crippen LogP contribution in [0.3, 0.4) is 0 Å². The molecule has 2 aromatic carbocycles. The van der Waals surface area contributed by atoms with Crippen molar-refractivity contribution in [3.8, 4) is 0 Å². The van der Waals surface area contributed by atoms with E-state index >= 15 is 0 Å². The molecule has 0 aliphatic heterocycles. The molecule has 8 heteroatoms. The Balaban J connectivity index is 1.28. The molecule has 176 valence electrons. The number of thioether (sulfide) groups is 1. The lowest BCUT2D eigenvalue weighted by Gasteiger charge is -2.10. The summed E-state index contributed by atoms with van der Waals surface area (Å²) in [6, 6.07) is 20.2. The van der Waals surface area contributed by atoms with Gasteiger partial charge in [-0.3, -0.25) is 9.78 Å². The minimum Gasteiger partial charge on any atom is -0.352 e. The van der Waals surface area contributed by atoms with Gasteiger partial charge in [0.2, 0.25) is 0 Å². The van der Waals surface area contributed by atoms with Gasteiger partial charge >= 0.3 is 0 Å². The van der Waals surface area contributed by atoms with Crippen LogP contribution in [0.4, 0.5) is 4.39 Å². The van der Waals surface area contributed by atoms with Crippen molar-refractivity contribution in [2.75, 3.05) is 6.54 Å². The van der Waals surface area contributed by atoms with Crippen molar-refractivity contribution < 1.29 is 9.18 Å². The number of hydrogen-bond acceptors (Lipinski definition) is 5. The van der Waals surface area contributed by atoms with E-state index in [9.17, 15) is 9.18 Å². The molecule has 0 saturated heterocycles. The number of carbonyl (C=O) groups is 1. The summed E-state index contributed by atoms with van der Waals surface area (Å²) in [5.74, 6) is 0.374. The Kier molecular flexibility index (Phi) is 7.20. The molecule has 1 amide bonds. The lowest BCUT2D eigenvalue weighted by atomic mass is 10.1. The maximum atomic E-state index is 13.2. The van der Waals surface area contributed by atoms with E-state index in [1.54, 1.807) is 41.4 Å². The van der Waals surface area contributed by atoms with E-state index in [-0.39, 0.29) is 11.7 Å². The maximum Gasteiger partial charge on any atom is 0.251 e. The van der Waals surface area contributed by atoms with E-state index in [0.717, 1.165) is 33.7 Å². The first-order chi connectivity index (χ1) is 17.2. The molecule has 3 aromatic heterocycles. The smallest absolute Gasteiger partial charge is 0.251 e. The van der Waals surface area contributed by atoms with Crippen LogP contribution in [-0.2, 0) is 18.7 Å². The third-order valence-electron chi connectivity index (χ3n) is 5.59. The number of thiophene rings is 1. The standard InChI is InChI=1S/C27H23FN4OS2/c28-22-9-5-20(6-10-22)18-35-27-31-24-12-13-29-16-25(24)32(27)17-19-3-7-21(8-4-19)26(33)30-14-11-23-2-1-15-34-23/h1-10,12-13,15-16H,11,14,17-18H2,(H,30,33). The number of rotatable bonds is 9. The van der Waals surface area contributed by atoms with Gasteiger partial charge in [-0.05, 0) is 59.3 Å². The Morgan fingerprint density at radius 1 is 1.03 bits per heavy atom. The van der Waals surface area contributed by atoms with Crippen LogP contribution in [0.25, 0.3) is 11.0 Å². The average Bonchev–Trinajstić information content (AvgIpc) is 3.52. The summed E-state index contributed by atoms with van der Waals surface area (Å²) < 4.78 is 15.4. The Bertz CT molecular complexity index is 1410. The molecule has 3 heterocycles. The van der Waals surface area contributed by atoms with Crippen molar-refractivity contribution in [2.24, 2.45) is 0 Å². The predicted octanol–water partition coefficient (Wildman–Crippen LogP) is 5.95. The summed E-state index contributed by atoms with van der Waals surface area (Å²) in [5, 5.41) is 5.90. The quantitative estimate of drug-likeness (QED) is 0.253. The first kappa shape index (κ1) is 23.3. The molecule has 0 fully saturated rings. The van der Waals surface area contributed by atoms with Crippen molar-refractivity contribution in [1.29, 1.82) is 0 Å². The highest BCUT2D eigenvalue weighted by Gasteiger charge is 2.13. The summed E-state index contributed by atoms with van der Waals surface area (Å²) in [6.07, 6.45) is 4.39. The molecule has 0 aliphatic rings. The fraction of sp³-hybridized carbons (Fsp3) is 0.148. The number of amides is 1. The van der Waals surface area contributed by atoms with Gasteiger partial charge in [-0.25, -0.2) is 9.37 Å². The highest BCUT2D eigenvalue weighted by atomic mass is 32.2. The number of halogens is 1. The summed E-state index contributed by atoms with van der Waals surface area (Å²) >= 11 is 3.30. The van der Waals surface area contributed by atoms with Crippen LogP contribution in [0.2, 0.25) is 0 Å².